The molecule has 2 rings (SSSR count). The second-order valence-electron chi connectivity index (χ2n) is 4.61. The molecule has 1 heterocycles. The highest BCUT2D eigenvalue weighted by atomic mass is 35.5. The van der Waals surface area contributed by atoms with Crippen LogP contribution in [0, 0.1) is 0 Å². The van der Waals surface area contributed by atoms with Crippen molar-refractivity contribution >= 4 is 23.4 Å². The molecule has 6 heteroatoms. The number of hydrogen-bond donors (Lipinski definition) is 1. The highest BCUT2D eigenvalue weighted by molar-refractivity contribution is 7.99. The molecule has 0 aliphatic carbocycles. The highest BCUT2D eigenvalue weighted by Crippen LogP contribution is 2.21. The van der Waals surface area contributed by atoms with Crippen LogP contribution in [0.25, 0.3) is 0 Å². The summed E-state index contributed by atoms with van der Waals surface area (Å²) < 4.78 is 1.74. The molecule has 1 atom stereocenters. The normalized spacial score (nSPS) is 12.6. The van der Waals surface area contributed by atoms with E-state index in [4.69, 9.17) is 11.6 Å². The minimum Gasteiger partial charge on any atom is -0.313 e. The van der Waals surface area contributed by atoms with E-state index in [9.17, 15) is 0 Å². The molecule has 0 aliphatic heterocycles. The van der Waals surface area contributed by atoms with Crippen molar-refractivity contribution in [2.75, 3.05) is 12.3 Å². The lowest BCUT2D eigenvalue weighted by molar-refractivity contribution is 0.566. The van der Waals surface area contributed by atoms with E-state index in [1.165, 1.54) is 4.90 Å². The van der Waals surface area contributed by atoms with Crippen molar-refractivity contribution in [3.63, 3.8) is 0 Å². The topological polar surface area (TPSA) is 42.7 Å². The van der Waals surface area contributed by atoms with Crippen LogP contribution in [0.5, 0.6) is 0 Å². The average Bonchev–Trinajstić information content (AvgIpc) is 2.83. The van der Waals surface area contributed by atoms with E-state index in [0.717, 1.165) is 29.4 Å². The number of aryl methyl sites for hydroxylation is 1. The second-order valence-corrected chi connectivity index (χ2v) is 6.14. The van der Waals surface area contributed by atoms with E-state index in [-0.39, 0.29) is 0 Å². The maximum absolute atomic E-state index is 5.89. The van der Waals surface area contributed by atoms with Crippen molar-refractivity contribution < 1.29 is 0 Å². The molecule has 108 valence electrons. The molecule has 0 radical (unpaired) electrons. The first kappa shape index (κ1) is 15.4. The summed E-state index contributed by atoms with van der Waals surface area (Å²) in [5.41, 5.74) is 1.02. The van der Waals surface area contributed by atoms with Crippen LogP contribution in [0.3, 0.4) is 0 Å². The van der Waals surface area contributed by atoms with Gasteiger partial charge in [-0.3, -0.25) is 4.68 Å². The Morgan fingerprint density at radius 2 is 2.10 bits per heavy atom. The van der Waals surface area contributed by atoms with Crippen molar-refractivity contribution in [1.82, 2.24) is 20.3 Å². The van der Waals surface area contributed by atoms with Gasteiger partial charge in [0.1, 0.15) is 0 Å². The Bertz CT molecular complexity index is 526. The number of hydrogen-bond acceptors (Lipinski definition) is 4. The summed E-state index contributed by atoms with van der Waals surface area (Å²) in [5.74, 6) is 0.992. The SMILES string of the molecule is CCNC(CSc1ccc(Cl)cc1)Cc1cn(C)nn1. The van der Waals surface area contributed by atoms with Crippen LogP contribution in [0.2, 0.25) is 5.02 Å². The van der Waals surface area contributed by atoms with E-state index in [0.29, 0.717) is 6.04 Å². The first-order valence-corrected chi connectivity index (χ1v) is 8.00. The van der Waals surface area contributed by atoms with Crippen molar-refractivity contribution in [3.05, 3.63) is 41.2 Å². The van der Waals surface area contributed by atoms with E-state index < -0.39 is 0 Å². The number of aromatic nitrogens is 3. The monoisotopic (exact) mass is 310 g/mol. The maximum atomic E-state index is 5.89. The van der Waals surface area contributed by atoms with Crippen LogP contribution in [0.4, 0.5) is 0 Å². The van der Waals surface area contributed by atoms with Gasteiger partial charge in [0.2, 0.25) is 0 Å². The number of likely N-dealkylation sites (N-methyl/N-ethyl adjacent to an activating group) is 1. The Hall–Kier alpha value is -1.04. The van der Waals surface area contributed by atoms with Crippen molar-refractivity contribution in [2.45, 2.75) is 24.3 Å². The third kappa shape index (κ3) is 4.81. The largest absolute Gasteiger partial charge is 0.313 e. The van der Waals surface area contributed by atoms with Crippen molar-refractivity contribution in [3.8, 4) is 0 Å². The fourth-order valence-electron chi connectivity index (χ4n) is 1.95. The molecule has 1 aromatic heterocycles. The predicted octanol–water partition coefficient (Wildman–Crippen LogP) is 2.78. The third-order valence-electron chi connectivity index (χ3n) is 2.86. The fraction of sp³-hybridized carbons (Fsp3) is 0.429. The summed E-state index contributed by atoms with van der Waals surface area (Å²) >= 11 is 7.72. The van der Waals surface area contributed by atoms with Crippen molar-refractivity contribution in [1.29, 1.82) is 0 Å². The van der Waals surface area contributed by atoms with Crippen LogP contribution in [-0.2, 0) is 13.5 Å². The number of benzene rings is 1. The number of thioether (sulfide) groups is 1. The third-order valence-corrected chi connectivity index (χ3v) is 4.29. The molecule has 4 nitrogen and oxygen atoms in total. The van der Waals surface area contributed by atoms with Gasteiger partial charge in [-0.15, -0.1) is 16.9 Å². The van der Waals surface area contributed by atoms with Gasteiger partial charge in [0.25, 0.3) is 0 Å². The highest BCUT2D eigenvalue weighted by Gasteiger charge is 2.11. The molecule has 0 bridgehead atoms. The molecule has 2 aromatic rings. The van der Waals surface area contributed by atoms with Crippen molar-refractivity contribution in [2.24, 2.45) is 7.05 Å². The lowest BCUT2D eigenvalue weighted by atomic mass is 10.2. The zero-order valence-corrected chi connectivity index (χ0v) is 13.3. The van der Waals surface area contributed by atoms with Crippen LogP contribution >= 0.6 is 23.4 Å². The molecule has 0 amide bonds. The summed E-state index contributed by atoms with van der Waals surface area (Å²) in [6, 6.07) is 8.35. The molecule has 20 heavy (non-hydrogen) atoms. The van der Waals surface area contributed by atoms with E-state index in [1.807, 2.05) is 37.1 Å². The second kappa shape index (κ2) is 7.67. The van der Waals surface area contributed by atoms with E-state index in [1.54, 1.807) is 4.68 Å². The predicted molar refractivity (Wildman–Crippen MR) is 84.3 cm³/mol. The Morgan fingerprint density at radius 3 is 2.70 bits per heavy atom. The summed E-state index contributed by atoms with van der Waals surface area (Å²) in [5, 5.41) is 12.4. The molecule has 0 aliphatic rings. The molecule has 0 saturated heterocycles. The number of halogens is 1. The lowest BCUT2D eigenvalue weighted by Crippen LogP contribution is -2.33. The molecule has 1 aromatic carbocycles. The van der Waals surface area contributed by atoms with Gasteiger partial charge in [0.15, 0.2) is 0 Å². The van der Waals surface area contributed by atoms with Gasteiger partial charge in [0.05, 0.1) is 5.69 Å². The van der Waals surface area contributed by atoms with Crippen LogP contribution in [0.1, 0.15) is 12.6 Å². The van der Waals surface area contributed by atoms with Crippen LogP contribution in [0.15, 0.2) is 35.4 Å². The standard InChI is InChI=1S/C14H19ClN4S/c1-3-16-13(8-12-9-19(2)18-17-12)10-20-14-6-4-11(15)5-7-14/h4-7,9,13,16H,3,8,10H2,1-2H3. The summed E-state index contributed by atoms with van der Waals surface area (Å²) in [7, 11) is 1.89. The number of nitrogens with one attached hydrogen (secondary N) is 1. The Morgan fingerprint density at radius 1 is 1.35 bits per heavy atom. The van der Waals surface area contributed by atoms with Gasteiger partial charge in [0, 0.05) is 41.4 Å². The van der Waals surface area contributed by atoms with E-state index >= 15 is 0 Å². The van der Waals surface area contributed by atoms with Crippen LogP contribution in [-0.4, -0.2) is 33.3 Å². The van der Waals surface area contributed by atoms with Gasteiger partial charge in [-0.05, 0) is 30.8 Å². The summed E-state index contributed by atoms with van der Waals surface area (Å²) in [4.78, 5) is 1.23. The zero-order chi connectivity index (χ0) is 14.4. The molecule has 0 spiro atoms. The molecule has 1 unspecified atom stereocenters. The van der Waals surface area contributed by atoms with Crippen LogP contribution < -0.4 is 5.32 Å². The van der Waals surface area contributed by atoms with Gasteiger partial charge in [-0.2, -0.15) is 0 Å². The van der Waals surface area contributed by atoms with Gasteiger partial charge in [-0.1, -0.05) is 23.7 Å². The summed E-state index contributed by atoms with van der Waals surface area (Å²) in [6.07, 6.45) is 2.86. The quantitative estimate of drug-likeness (QED) is 0.799. The van der Waals surface area contributed by atoms with Gasteiger partial charge < -0.3 is 5.32 Å². The zero-order valence-electron chi connectivity index (χ0n) is 11.7. The first-order valence-electron chi connectivity index (χ1n) is 6.64. The smallest absolute Gasteiger partial charge is 0.0842 e. The Kier molecular flexibility index (Phi) is 5.88. The Balaban J connectivity index is 1.90. The molecule has 0 saturated carbocycles. The minimum atomic E-state index is 0.386. The maximum Gasteiger partial charge on any atom is 0.0842 e. The lowest BCUT2D eigenvalue weighted by Gasteiger charge is -2.16. The Labute approximate surface area is 128 Å². The minimum absolute atomic E-state index is 0.386. The molecule has 1 N–H and O–H groups in total. The van der Waals surface area contributed by atoms with E-state index in [2.05, 4.69) is 34.7 Å². The molecular formula is C14H19ClN4S. The fourth-order valence-corrected chi connectivity index (χ4v) is 3.03. The summed E-state index contributed by atoms with van der Waals surface area (Å²) in [6.45, 7) is 3.07. The number of rotatable bonds is 7. The molecular weight excluding hydrogens is 292 g/mol. The first-order chi connectivity index (χ1) is 9.67. The van der Waals surface area contributed by atoms with Gasteiger partial charge in [-0.25, -0.2) is 0 Å². The molecule has 0 fully saturated rings. The van der Waals surface area contributed by atoms with Gasteiger partial charge >= 0.3 is 0 Å². The average molecular weight is 311 g/mol. The number of nitrogens with zero attached hydrogens (tertiary/aromatic N) is 3.